The molecule has 0 spiro atoms. The smallest absolute Gasteiger partial charge is 0.0452 e. The molecule has 1 nitrogen and oxygen atoms in total. The van der Waals surface area contributed by atoms with Crippen molar-refractivity contribution in [2.75, 3.05) is 5.32 Å². The van der Waals surface area contributed by atoms with Crippen LogP contribution in [-0.2, 0) is 0 Å². The lowest BCUT2D eigenvalue weighted by molar-refractivity contribution is 0.492. The maximum atomic E-state index is 3.90. The van der Waals surface area contributed by atoms with E-state index in [0.717, 1.165) is 0 Å². The van der Waals surface area contributed by atoms with Crippen LogP contribution in [0.15, 0.2) is 47.4 Å². The standard InChI is InChI=1S/C28H45N/c1-19(2)16-17-22(27(7,8)9)18-25(28(10,11)12)29-26-23(20(3)4)14-13-15-24(26)21(5)6/h13-16,18-21,29H,1-12H3/b25-18+. The molecule has 0 amide bonds. The van der Waals surface area contributed by atoms with Gasteiger partial charge in [0.15, 0.2) is 0 Å². The molecule has 1 rings (SSSR count). The maximum Gasteiger partial charge on any atom is 0.0452 e. The van der Waals surface area contributed by atoms with E-state index in [1.54, 1.807) is 0 Å². The van der Waals surface area contributed by atoms with Crippen LogP contribution in [0.2, 0.25) is 0 Å². The van der Waals surface area contributed by atoms with Gasteiger partial charge in [0.05, 0.1) is 0 Å². The lowest BCUT2D eigenvalue weighted by atomic mass is 9.82. The van der Waals surface area contributed by atoms with Crippen LogP contribution in [0.5, 0.6) is 0 Å². The van der Waals surface area contributed by atoms with Crippen LogP contribution in [0.1, 0.15) is 106 Å². The molecule has 0 aliphatic carbocycles. The summed E-state index contributed by atoms with van der Waals surface area (Å²) in [5.41, 5.74) is 10.1. The summed E-state index contributed by atoms with van der Waals surface area (Å²) in [5.74, 6) is 1.42. The molecule has 0 saturated carbocycles. The summed E-state index contributed by atoms with van der Waals surface area (Å²) in [4.78, 5) is 0. The quantitative estimate of drug-likeness (QED) is 0.374. The fourth-order valence-corrected chi connectivity index (χ4v) is 3.15. The summed E-state index contributed by atoms with van der Waals surface area (Å²) < 4.78 is 0. The molecule has 0 aliphatic rings. The monoisotopic (exact) mass is 395 g/mol. The molecule has 162 valence electrons. The lowest BCUT2D eigenvalue weighted by Crippen LogP contribution is -2.20. The minimum atomic E-state index is -0.00560. The molecule has 0 radical (unpaired) electrons. The third kappa shape index (κ3) is 7.56. The fourth-order valence-electron chi connectivity index (χ4n) is 3.15. The zero-order chi connectivity index (χ0) is 22.6. The van der Waals surface area contributed by atoms with Crippen LogP contribution in [0, 0.1) is 16.7 Å². The van der Waals surface area contributed by atoms with Gasteiger partial charge < -0.3 is 5.32 Å². The van der Waals surface area contributed by atoms with Gasteiger partial charge in [-0.05, 0) is 46.4 Å². The van der Waals surface area contributed by atoms with Gasteiger partial charge >= 0.3 is 0 Å². The number of rotatable bonds is 6. The molecule has 29 heavy (non-hydrogen) atoms. The van der Waals surface area contributed by atoms with Gasteiger partial charge in [0, 0.05) is 22.4 Å². The first-order valence-corrected chi connectivity index (χ1v) is 11.2. The van der Waals surface area contributed by atoms with Gasteiger partial charge in [0.1, 0.15) is 0 Å². The Kier molecular flexibility index (Phi) is 8.60. The van der Waals surface area contributed by atoms with Crippen molar-refractivity contribution in [1.29, 1.82) is 0 Å². The van der Waals surface area contributed by atoms with Crippen molar-refractivity contribution in [3.63, 3.8) is 0 Å². The van der Waals surface area contributed by atoms with Crippen molar-refractivity contribution in [2.45, 2.75) is 94.9 Å². The minimum Gasteiger partial charge on any atom is -0.358 e. The van der Waals surface area contributed by atoms with E-state index in [2.05, 4.69) is 124 Å². The van der Waals surface area contributed by atoms with E-state index in [4.69, 9.17) is 0 Å². The molecule has 0 aromatic heterocycles. The second-order valence-corrected chi connectivity index (χ2v) is 11.3. The molecule has 0 atom stereocenters. The van der Waals surface area contributed by atoms with Crippen molar-refractivity contribution in [3.8, 4) is 0 Å². The summed E-state index contributed by atoms with van der Waals surface area (Å²) in [6.07, 6.45) is 4.51. The molecule has 0 aliphatic heterocycles. The van der Waals surface area contributed by atoms with E-state index < -0.39 is 0 Å². The molecular formula is C28H45N. The van der Waals surface area contributed by atoms with E-state index in [0.29, 0.717) is 17.8 Å². The summed E-state index contributed by atoms with van der Waals surface area (Å²) in [7, 11) is 0. The van der Waals surface area contributed by atoms with Crippen LogP contribution in [0.25, 0.3) is 0 Å². The Bertz CT molecular complexity index is 741. The molecule has 1 heteroatoms. The van der Waals surface area contributed by atoms with Crippen LogP contribution in [0.3, 0.4) is 0 Å². The molecule has 0 heterocycles. The lowest BCUT2D eigenvalue weighted by Gasteiger charge is -2.30. The largest absolute Gasteiger partial charge is 0.358 e. The third-order valence-corrected chi connectivity index (χ3v) is 5.11. The predicted molar refractivity (Wildman–Crippen MR) is 132 cm³/mol. The van der Waals surface area contributed by atoms with E-state index >= 15 is 0 Å². The zero-order valence-corrected chi connectivity index (χ0v) is 21.1. The number of para-hydroxylation sites is 1. The average Bonchev–Trinajstić information content (AvgIpc) is 2.54. The van der Waals surface area contributed by atoms with E-state index in [1.165, 1.54) is 28.1 Å². The Morgan fingerprint density at radius 2 is 1.31 bits per heavy atom. The van der Waals surface area contributed by atoms with Crippen LogP contribution < -0.4 is 5.32 Å². The first kappa shape index (κ1) is 25.3. The second kappa shape index (κ2) is 9.86. The van der Waals surface area contributed by atoms with Gasteiger partial charge in [-0.15, -0.1) is 5.73 Å². The number of nitrogens with one attached hydrogen (secondary N) is 1. The van der Waals surface area contributed by atoms with E-state index in [-0.39, 0.29) is 10.8 Å². The molecular weight excluding hydrogens is 350 g/mol. The topological polar surface area (TPSA) is 12.0 Å². The number of allylic oxidation sites excluding steroid dienone is 3. The van der Waals surface area contributed by atoms with Gasteiger partial charge in [0.25, 0.3) is 0 Å². The summed E-state index contributed by atoms with van der Waals surface area (Å²) in [6, 6.07) is 6.72. The van der Waals surface area contributed by atoms with Crippen molar-refractivity contribution in [1.82, 2.24) is 0 Å². The SMILES string of the molecule is CC(C)C=C=C(/C=C(/Nc1c(C(C)C)cccc1C(C)C)C(C)(C)C)C(C)(C)C. The highest BCUT2D eigenvalue weighted by molar-refractivity contribution is 5.63. The highest BCUT2D eigenvalue weighted by Gasteiger charge is 2.24. The Morgan fingerprint density at radius 3 is 1.66 bits per heavy atom. The fraction of sp³-hybridized carbons (Fsp3) is 0.607. The van der Waals surface area contributed by atoms with Gasteiger partial charge in [-0.2, -0.15) is 0 Å². The highest BCUT2D eigenvalue weighted by atomic mass is 14.9. The van der Waals surface area contributed by atoms with Gasteiger partial charge in [-0.1, -0.05) is 101 Å². The van der Waals surface area contributed by atoms with Gasteiger partial charge in [0.2, 0.25) is 0 Å². The Labute approximate surface area is 181 Å². The number of benzene rings is 1. The molecule has 1 N–H and O–H groups in total. The molecule has 0 saturated heterocycles. The van der Waals surface area contributed by atoms with Gasteiger partial charge in [-0.25, -0.2) is 0 Å². The van der Waals surface area contributed by atoms with Crippen molar-refractivity contribution >= 4 is 5.69 Å². The molecule has 0 bridgehead atoms. The Balaban J connectivity index is 3.69. The first-order valence-electron chi connectivity index (χ1n) is 11.2. The molecule has 1 aromatic carbocycles. The predicted octanol–water partition coefficient (Wildman–Crippen LogP) is 9.06. The number of hydrogen-bond donors (Lipinski definition) is 1. The van der Waals surface area contributed by atoms with E-state index in [9.17, 15) is 0 Å². The maximum absolute atomic E-state index is 3.90. The minimum absolute atomic E-state index is 0.00560. The zero-order valence-electron chi connectivity index (χ0n) is 21.1. The van der Waals surface area contributed by atoms with Crippen LogP contribution in [0.4, 0.5) is 5.69 Å². The molecule has 0 fully saturated rings. The number of hydrogen-bond acceptors (Lipinski definition) is 1. The van der Waals surface area contributed by atoms with Crippen molar-refractivity contribution < 1.29 is 0 Å². The number of anilines is 1. The molecule has 1 aromatic rings. The third-order valence-electron chi connectivity index (χ3n) is 5.11. The summed E-state index contributed by atoms with van der Waals surface area (Å²) >= 11 is 0. The average molecular weight is 396 g/mol. The highest BCUT2D eigenvalue weighted by Crippen LogP contribution is 2.38. The first-order chi connectivity index (χ1) is 13.1. The summed E-state index contributed by atoms with van der Waals surface area (Å²) in [6.45, 7) is 27.1. The van der Waals surface area contributed by atoms with Crippen LogP contribution >= 0.6 is 0 Å². The Hall–Kier alpha value is -1.72. The normalized spacial score (nSPS) is 13.1. The summed E-state index contributed by atoms with van der Waals surface area (Å²) in [5, 5.41) is 3.90. The molecule has 0 unspecified atom stereocenters. The van der Waals surface area contributed by atoms with Crippen LogP contribution in [-0.4, -0.2) is 0 Å². The Morgan fingerprint density at radius 1 is 0.828 bits per heavy atom. The van der Waals surface area contributed by atoms with Crippen molar-refractivity contribution in [3.05, 3.63) is 58.5 Å². The van der Waals surface area contributed by atoms with E-state index in [1.807, 2.05) is 0 Å². The second-order valence-electron chi connectivity index (χ2n) is 11.3. The van der Waals surface area contributed by atoms with Crippen molar-refractivity contribution in [2.24, 2.45) is 16.7 Å². The van der Waals surface area contributed by atoms with Gasteiger partial charge in [-0.3, -0.25) is 0 Å².